The van der Waals surface area contributed by atoms with Crippen molar-refractivity contribution in [1.82, 2.24) is 15.5 Å². The second-order valence-corrected chi connectivity index (χ2v) is 6.16. The molecule has 0 spiro atoms. The smallest absolute Gasteiger partial charge is 0.243 e. The van der Waals surface area contributed by atoms with Gasteiger partial charge in [-0.3, -0.25) is 0 Å². The molecule has 0 radical (unpaired) electrons. The van der Waals surface area contributed by atoms with Gasteiger partial charge in [-0.05, 0) is 38.0 Å². The minimum atomic E-state index is 0.290. The highest BCUT2D eigenvalue weighted by Gasteiger charge is 2.25. The lowest BCUT2D eigenvalue weighted by atomic mass is 10.1. The molecule has 1 aromatic rings. The van der Waals surface area contributed by atoms with E-state index in [0.717, 1.165) is 24.7 Å². The van der Waals surface area contributed by atoms with E-state index in [1.807, 2.05) is 11.8 Å². The molecule has 2 fully saturated rings. The number of hydrogen-bond acceptors (Lipinski definition) is 5. The van der Waals surface area contributed by atoms with Crippen molar-refractivity contribution >= 4 is 11.8 Å². The van der Waals surface area contributed by atoms with Gasteiger partial charge >= 0.3 is 0 Å². The van der Waals surface area contributed by atoms with Crippen LogP contribution < -0.4 is 5.32 Å². The molecule has 1 aromatic heterocycles. The van der Waals surface area contributed by atoms with Crippen LogP contribution in [-0.4, -0.2) is 22.4 Å². The highest BCUT2D eigenvalue weighted by Crippen LogP contribution is 2.37. The van der Waals surface area contributed by atoms with Crippen molar-refractivity contribution in [3.63, 3.8) is 0 Å². The van der Waals surface area contributed by atoms with Crippen LogP contribution in [0, 0.1) is 0 Å². The largest absolute Gasteiger partial charge is 0.338 e. The van der Waals surface area contributed by atoms with E-state index in [-0.39, 0.29) is 0 Å². The van der Waals surface area contributed by atoms with Gasteiger partial charge in [0.25, 0.3) is 0 Å². The molecule has 0 bridgehead atoms. The zero-order valence-corrected chi connectivity index (χ0v) is 10.8. The second kappa shape index (κ2) is 5.40. The molecule has 2 saturated heterocycles. The van der Waals surface area contributed by atoms with Gasteiger partial charge in [0.05, 0.1) is 11.3 Å². The second-order valence-electron chi connectivity index (χ2n) is 4.85. The monoisotopic (exact) mass is 253 g/mol. The van der Waals surface area contributed by atoms with Crippen molar-refractivity contribution in [2.24, 2.45) is 0 Å². The molecule has 0 aliphatic carbocycles. The van der Waals surface area contributed by atoms with Crippen molar-refractivity contribution in [2.45, 2.75) is 49.8 Å². The van der Waals surface area contributed by atoms with E-state index in [1.165, 1.54) is 37.9 Å². The van der Waals surface area contributed by atoms with Crippen molar-refractivity contribution in [3.8, 4) is 0 Å². The molecule has 5 heteroatoms. The van der Waals surface area contributed by atoms with E-state index >= 15 is 0 Å². The number of aromatic nitrogens is 2. The molecule has 2 aliphatic heterocycles. The molecule has 3 heterocycles. The minimum absolute atomic E-state index is 0.290. The first kappa shape index (κ1) is 11.5. The fraction of sp³-hybridized carbons (Fsp3) is 0.833. The Balaban J connectivity index is 1.68. The topological polar surface area (TPSA) is 51.0 Å². The lowest BCUT2D eigenvalue weighted by Gasteiger charge is -2.20. The Morgan fingerprint density at radius 2 is 2.12 bits per heavy atom. The van der Waals surface area contributed by atoms with Crippen molar-refractivity contribution in [1.29, 1.82) is 0 Å². The number of thioether (sulfide) groups is 1. The summed E-state index contributed by atoms with van der Waals surface area (Å²) in [6, 6.07) is 0.290. The summed E-state index contributed by atoms with van der Waals surface area (Å²) in [6.07, 6.45) is 7.46. The average molecular weight is 253 g/mol. The molecule has 2 unspecified atom stereocenters. The molecule has 2 atom stereocenters. The van der Waals surface area contributed by atoms with Crippen molar-refractivity contribution in [3.05, 3.63) is 11.7 Å². The van der Waals surface area contributed by atoms with Gasteiger partial charge in [0.2, 0.25) is 5.89 Å². The fourth-order valence-corrected chi connectivity index (χ4v) is 3.76. The van der Waals surface area contributed by atoms with Crippen LogP contribution in [0.3, 0.4) is 0 Å². The molecule has 0 aromatic carbocycles. The summed E-state index contributed by atoms with van der Waals surface area (Å²) < 4.78 is 5.42. The van der Waals surface area contributed by atoms with E-state index in [1.54, 1.807) is 0 Å². The van der Waals surface area contributed by atoms with E-state index < -0.39 is 0 Å². The quantitative estimate of drug-likeness (QED) is 0.878. The van der Waals surface area contributed by atoms with Crippen molar-refractivity contribution < 1.29 is 4.52 Å². The van der Waals surface area contributed by atoms with Gasteiger partial charge in [0.15, 0.2) is 5.82 Å². The lowest BCUT2D eigenvalue weighted by Crippen LogP contribution is -2.27. The number of nitrogens with zero attached hydrogens (tertiary/aromatic N) is 2. The summed E-state index contributed by atoms with van der Waals surface area (Å²) in [5.41, 5.74) is 0. The van der Waals surface area contributed by atoms with E-state index in [2.05, 4.69) is 15.5 Å². The Labute approximate surface area is 106 Å². The summed E-state index contributed by atoms with van der Waals surface area (Å²) in [5.74, 6) is 2.94. The molecule has 94 valence electrons. The van der Waals surface area contributed by atoms with Gasteiger partial charge in [-0.2, -0.15) is 16.7 Å². The summed E-state index contributed by atoms with van der Waals surface area (Å²) in [5, 5.41) is 8.08. The van der Waals surface area contributed by atoms with Crippen LogP contribution in [0.2, 0.25) is 0 Å². The Morgan fingerprint density at radius 3 is 2.88 bits per heavy atom. The van der Waals surface area contributed by atoms with Crippen LogP contribution >= 0.6 is 11.8 Å². The highest BCUT2D eigenvalue weighted by atomic mass is 32.2. The normalized spacial score (nSPS) is 30.4. The lowest BCUT2D eigenvalue weighted by molar-refractivity contribution is 0.295. The Kier molecular flexibility index (Phi) is 3.66. The summed E-state index contributed by atoms with van der Waals surface area (Å²) in [6.45, 7) is 1.07. The van der Waals surface area contributed by atoms with Crippen LogP contribution in [0.5, 0.6) is 0 Å². The molecular formula is C12H19N3OS. The summed E-state index contributed by atoms with van der Waals surface area (Å²) in [4.78, 5) is 4.60. The molecule has 1 N–H and O–H groups in total. The van der Waals surface area contributed by atoms with Gasteiger partial charge in [-0.25, -0.2) is 0 Å². The SMILES string of the molecule is C1CCC(c2nc(C3CCCCS3)no2)NC1. The Bertz CT molecular complexity index is 324. The number of nitrogens with one attached hydrogen (secondary N) is 1. The summed E-state index contributed by atoms with van der Waals surface area (Å²) in [7, 11) is 0. The zero-order valence-electron chi connectivity index (χ0n) is 10.0. The first-order chi connectivity index (χ1) is 8.43. The van der Waals surface area contributed by atoms with Crippen LogP contribution in [0.15, 0.2) is 4.52 Å². The maximum absolute atomic E-state index is 5.42. The molecule has 4 nitrogen and oxygen atoms in total. The molecule has 0 amide bonds. The predicted octanol–water partition coefficient (Wildman–Crippen LogP) is 2.84. The van der Waals surface area contributed by atoms with Gasteiger partial charge in [-0.15, -0.1) is 0 Å². The van der Waals surface area contributed by atoms with Gasteiger partial charge < -0.3 is 9.84 Å². The maximum Gasteiger partial charge on any atom is 0.243 e. The maximum atomic E-state index is 5.42. The highest BCUT2D eigenvalue weighted by molar-refractivity contribution is 7.99. The van der Waals surface area contributed by atoms with Crippen LogP contribution in [0.1, 0.15) is 61.5 Å². The van der Waals surface area contributed by atoms with Crippen LogP contribution in [0.4, 0.5) is 0 Å². The standard InChI is InChI=1S/C12H19N3OS/c1-3-7-13-9(5-1)12-14-11(15-16-12)10-6-2-4-8-17-10/h9-10,13H,1-8H2. The predicted molar refractivity (Wildman–Crippen MR) is 67.9 cm³/mol. The van der Waals surface area contributed by atoms with Gasteiger partial charge in [0, 0.05) is 0 Å². The number of hydrogen-bond donors (Lipinski definition) is 1. The zero-order chi connectivity index (χ0) is 11.5. The molecule has 2 aliphatic rings. The van der Waals surface area contributed by atoms with Gasteiger partial charge in [0.1, 0.15) is 0 Å². The molecule has 17 heavy (non-hydrogen) atoms. The Morgan fingerprint density at radius 1 is 1.18 bits per heavy atom. The first-order valence-corrected chi connectivity index (χ1v) is 7.67. The molecule has 0 saturated carbocycles. The average Bonchev–Trinajstić information content (AvgIpc) is 2.90. The van der Waals surface area contributed by atoms with Crippen molar-refractivity contribution in [2.75, 3.05) is 12.3 Å². The number of rotatable bonds is 2. The Hall–Kier alpha value is -0.550. The van der Waals surface area contributed by atoms with Gasteiger partial charge in [-0.1, -0.05) is 18.0 Å². The van der Waals surface area contributed by atoms with E-state index in [9.17, 15) is 0 Å². The third kappa shape index (κ3) is 2.65. The first-order valence-electron chi connectivity index (χ1n) is 6.62. The third-order valence-corrected chi connectivity index (χ3v) is 4.91. The third-order valence-electron chi connectivity index (χ3n) is 3.53. The fourth-order valence-electron chi connectivity index (χ4n) is 2.53. The van der Waals surface area contributed by atoms with Crippen LogP contribution in [-0.2, 0) is 0 Å². The van der Waals surface area contributed by atoms with E-state index in [0.29, 0.717) is 11.3 Å². The van der Waals surface area contributed by atoms with E-state index in [4.69, 9.17) is 4.52 Å². The van der Waals surface area contributed by atoms with Crippen LogP contribution in [0.25, 0.3) is 0 Å². The number of piperidine rings is 1. The molecule has 3 rings (SSSR count). The molecular weight excluding hydrogens is 234 g/mol. The minimum Gasteiger partial charge on any atom is -0.338 e. The summed E-state index contributed by atoms with van der Waals surface area (Å²) >= 11 is 1.97.